The lowest BCUT2D eigenvalue weighted by atomic mass is 10.1. The van der Waals surface area contributed by atoms with Crippen LogP contribution in [0.5, 0.6) is 17.2 Å². The number of hydrogen-bond acceptors (Lipinski definition) is 5. The minimum Gasteiger partial charge on any atom is -0.493 e. The second kappa shape index (κ2) is 7.55. The Bertz CT molecular complexity index is 746. The summed E-state index contributed by atoms with van der Waals surface area (Å²) in [6.07, 6.45) is 2.08. The van der Waals surface area contributed by atoms with Gasteiger partial charge in [-0.15, -0.1) is 0 Å². The molecule has 0 spiro atoms. The summed E-state index contributed by atoms with van der Waals surface area (Å²) in [4.78, 5) is 15.0. The van der Waals surface area contributed by atoms with Crippen LogP contribution in [0.25, 0.3) is 10.9 Å². The number of amides is 1. The number of aromatic nitrogens is 1. The van der Waals surface area contributed by atoms with E-state index in [2.05, 4.69) is 10.3 Å². The van der Waals surface area contributed by atoms with Gasteiger partial charge in [0, 0.05) is 24.2 Å². The Kier molecular flexibility index (Phi) is 5.66. The number of H-pyrrole nitrogens is 1. The van der Waals surface area contributed by atoms with E-state index >= 15 is 0 Å². The zero-order chi connectivity index (χ0) is 18.6. The molecule has 1 aromatic carbocycles. The van der Waals surface area contributed by atoms with Crippen LogP contribution in [0.15, 0.2) is 12.3 Å². The summed E-state index contributed by atoms with van der Waals surface area (Å²) in [5, 5.41) is 3.67. The predicted octanol–water partition coefficient (Wildman–Crippen LogP) is 3.26. The Labute approximate surface area is 147 Å². The van der Waals surface area contributed by atoms with Crippen LogP contribution in [-0.4, -0.2) is 44.6 Å². The fourth-order valence-electron chi connectivity index (χ4n) is 2.64. The molecule has 7 nitrogen and oxygen atoms in total. The van der Waals surface area contributed by atoms with Gasteiger partial charge in [0.1, 0.15) is 5.60 Å². The van der Waals surface area contributed by atoms with Gasteiger partial charge in [-0.2, -0.15) is 0 Å². The molecular formula is C18H26N2O5. The van der Waals surface area contributed by atoms with Gasteiger partial charge in [0.15, 0.2) is 11.5 Å². The Morgan fingerprint density at radius 1 is 1.12 bits per heavy atom. The van der Waals surface area contributed by atoms with Gasteiger partial charge in [0.2, 0.25) is 5.75 Å². The molecule has 0 radical (unpaired) electrons. The molecule has 2 aromatic rings. The molecule has 2 N–H and O–H groups in total. The molecule has 0 saturated carbocycles. The number of nitrogens with one attached hydrogen (secondary N) is 2. The van der Waals surface area contributed by atoms with Crippen molar-refractivity contribution in [2.24, 2.45) is 0 Å². The number of carbonyl (C=O) groups is 1. The zero-order valence-electron chi connectivity index (χ0n) is 15.6. The van der Waals surface area contributed by atoms with Crippen LogP contribution >= 0.6 is 0 Å². The van der Waals surface area contributed by atoms with Crippen LogP contribution in [0.3, 0.4) is 0 Å². The van der Waals surface area contributed by atoms with E-state index in [9.17, 15) is 4.79 Å². The molecule has 1 heterocycles. The number of carbonyl (C=O) groups excluding carboxylic acids is 1. The van der Waals surface area contributed by atoms with Crippen molar-refractivity contribution in [2.75, 3.05) is 27.9 Å². The Morgan fingerprint density at radius 2 is 1.80 bits per heavy atom. The maximum absolute atomic E-state index is 11.8. The average molecular weight is 350 g/mol. The zero-order valence-corrected chi connectivity index (χ0v) is 15.6. The molecule has 25 heavy (non-hydrogen) atoms. The van der Waals surface area contributed by atoms with Crippen molar-refractivity contribution >= 4 is 17.0 Å². The maximum atomic E-state index is 11.8. The minimum atomic E-state index is -0.516. The summed E-state index contributed by atoms with van der Waals surface area (Å²) < 4.78 is 21.6. The van der Waals surface area contributed by atoms with Crippen molar-refractivity contribution in [2.45, 2.75) is 32.8 Å². The summed E-state index contributed by atoms with van der Waals surface area (Å²) in [6, 6.07) is 1.86. The highest BCUT2D eigenvalue weighted by atomic mass is 16.6. The van der Waals surface area contributed by atoms with Crippen LogP contribution in [0.4, 0.5) is 4.79 Å². The quantitative estimate of drug-likeness (QED) is 0.836. The van der Waals surface area contributed by atoms with Crippen LogP contribution in [0.2, 0.25) is 0 Å². The molecule has 1 aromatic heterocycles. The summed E-state index contributed by atoms with van der Waals surface area (Å²) in [5.41, 5.74) is 1.36. The van der Waals surface area contributed by atoms with Crippen LogP contribution in [0.1, 0.15) is 26.3 Å². The van der Waals surface area contributed by atoms with Gasteiger partial charge in [-0.25, -0.2) is 4.79 Å². The monoisotopic (exact) mass is 350 g/mol. The lowest BCUT2D eigenvalue weighted by Crippen LogP contribution is -2.33. The first-order valence-corrected chi connectivity index (χ1v) is 8.06. The van der Waals surface area contributed by atoms with Gasteiger partial charge >= 0.3 is 6.09 Å². The standard InChI is InChI=1S/C18H26N2O5/c1-18(2,3)25-17(21)19-8-7-11-10-20-12-9-13(22-4)15(23-5)16(24-6)14(11)12/h9-10,20H,7-8H2,1-6H3,(H,19,21). The molecule has 0 unspecified atom stereocenters. The van der Waals surface area contributed by atoms with E-state index in [1.165, 1.54) is 0 Å². The van der Waals surface area contributed by atoms with Crippen molar-refractivity contribution in [1.82, 2.24) is 10.3 Å². The van der Waals surface area contributed by atoms with E-state index in [1.807, 2.05) is 33.0 Å². The number of alkyl carbamates (subject to hydrolysis) is 1. The topological polar surface area (TPSA) is 81.8 Å². The van der Waals surface area contributed by atoms with Gasteiger partial charge < -0.3 is 29.2 Å². The highest BCUT2D eigenvalue weighted by Crippen LogP contribution is 2.44. The molecule has 0 fully saturated rings. The first-order valence-electron chi connectivity index (χ1n) is 8.06. The molecule has 1 amide bonds. The third kappa shape index (κ3) is 4.29. The second-order valence-electron chi connectivity index (χ2n) is 6.56. The third-order valence-corrected chi connectivity index (χ3v) is 3.62. The lowest BCUT2D eigenvalue weighted by molar-refractivity contribution is 0.0528. The van der Waals surface area contributed by atoms with Crippen molar-refractivity contribution in [3.05, 3.63) is 17.8 Å². The lowest BCUT2D eigenvalue weighted by Gasteiger charge is -2.19. The first kappa shape index (κ1) is 18.8. The smallest absolute Gasteiger partial charge is 0.407 e. The van der Waals surface area contributed by atoms with Crippen molar-refractivity contribution < 1.29 is 23.7 Å². The van der Waals surface area contributed by atoms with E-state index in [0.717, 1.165) is 16.5 Å². The van der Waals surface area contributed by atoms with Crippen molar-refractivity contribution in [1.29, 1.82) is 0 Å². The molecule has 0 aliphatic carbocycles. The summed E-state index contributed by atoms with van der Waals surface area (Å²) >= 11 is 0. The van der Waals surface area contributed by atoms with Gasteiger partial charge in [-0.05, 0) is 32.8 Å². The number of ether oxygens (including phenoxy) is 4. The fourth-order valence-corrected chi connectivity index (χ4v) is 2.64. The van der Waals surface area contributed by atoms with Gasteiger partial charge in [0.05, 0.1) is 26.8 Å². The second-order valence-corrected chi connectivity index (χ2v) is 6.56. The molecule has 0 aliphatic rings. The summed E-state index contributed by atoms with van der Waals surface area (Å²) in [7, 11) is 4.74. The number of rotatable bonds is 6. The maximum Gasteiger partial charge on any atom is 0.407 e. The van der Waals surface area contributed by atoms with Gasteiger partial charge in [0.25, 0.3) is 0 Å². The Morgan fingerprint density at radius 3 is 2.36 bits per heavy atom. The van der Waals surface area contributed by atoms with E-state index in [4.69, 9.17) is 18.9 Å². The van der Waals surface area contributed by atoms with E-state index < -0.39 is 11.7 Å². The molecule has 2 rings (SSSR count). The average Bonchev–Trinajstić information content (AvgIpc) is 2.94. The Balaban J connectivity index is 2.21. The van der Waals surface area contributed by atoms with Crippen LogP contribution in [-0.2, 0) is 11.2 Å². The van der Waals surface area contributed by atoms with E-state index in [-0.39, 0.29) is 0 Å². The van der Waals surface area contributed by atoms with Gasteiger partial charge in [-0.1, -0.05) is 0 Å². The molecule has 0 aliphatic heterocycles. The van der Waals surface area contributed by atoms with E-state index in [1.54, 1.807) is 21.3 Å². The summed E-state index contributed by atoms with van der Waals surface area (Å²) in [5.74, 6) is 1.73. The Hall–Kier alpha value is -2.57. The SMILES string of the molecule is COc1cc2[nH]cc(CCNC(=O)OC(C)(C)C)c2c(OC)c1OC. The molecule has 138 valence electrons. The number of hydrogen-bond donors (Lipinski definition) is 2. The highest BCUT2D eigenvalue weighted by Gasteiger charge is 2.20. The molecule has 0 saturated heterocycles. The van der Waals surface area contributed by atoms with Gasteiger partial charge in [-0.3, -0.25) is 0 Å². The van der Waals surface area contributed by atoms with Crippen LogP contribution in [0, 0.1) is 0 Å². The minimum absolute atomic E-state index is 0.432. The molecule has 0 atom stereocenters. The number of fused-ring (bicyclic) bond motifs is 1. The first-order chi connectivity index (χ1) is 11.8. The number of benzene rings is 1. The molecule has 7 heteroatoms. The molecule has 0 bridgehead atoms. The number of aromatic amines is 1. The third-order valence-electron chi connectivity index (χ3n) is 3.62. The largest absolute Gasteiger partial charge is 0.493 e. The molecular weight excluding hydrogens is 324 g/mol. The fraction of sp³-hybridized carbons (Fsp3) is 0.500. The van der Waals surface area contributed by atoms with Crippen molar-refractivity contribution in [3.63, 3.8) is 0 Å². The number of methoxy groups -OCH3 is 3. The predicted molar refractivity (Wildman–Crippen MR) is 95.9 cm³/mol. The van der Waals surface area contributed by atoms with Crippen LogP contribution < -0.4 is 19.5 Å². The van der Waals surface area contributed by atoms with E-state index in [0.29, 0.717) is 30.2 Å². The summed E-state index contributed by atoms with van der Waals surface area (Å²) in [6.45, 7) is 5.93. The highest BCUT2D eigenvalue weighted by molar-refractivity contribution is 5.94. The normalized spacial score (nSPS) is 11.3. The van der Waals surface area contributed by atoms with Crippen molar-refractivity contribution in [3.8, 4) is 17.2 Å².